The largest absolute Gasteiger partial charge is 0.496 e. The molecular weight excluding hydrogens is 244 g/mol. The molecule has 0 radical (unpaired) electrons. The molecule has 0 aromatic heterocycles. The van der Waals surface area contributed by atoms with Crippen LogP contribution in [-0.4, -0.2) is 33.7 Å². The number of ether oxygens (including phenoxy) is 2. The van der Waals surface area contributed by atoms with Gasteiger partial charge in [0.05, 0.1) is 20.1 Å². The molecule has 0 aliphatic heterocycles. The Morgan fingerprint density at radius 3 is 2.42 bits per heavy atom. The molecule has 0 bridgehead atoms. The Balaban J connectivity index is 3.30. The van der Waals surface area contributed by atoms with Crippen molar-refractivity contribution in [2.45, 2.75) is 19.3 Å². The lowest BCUT2D eigenvalue weighted by atomic mass is 9.92. The second-order valence-corrected chi connectivity index (χ2v) is 4.31. The van der Waals surface area contributed by atoms with E-state index in [1.165, 1.54) is 0 Å². The summed E-state index contributed by atoms with van der Waals surface area (Å²) < 4.78 is 10.7. The molecule has 0 fully saturated rings. The van der Waals surface area contributed by atoms with E-state index >= 15 is 0 Å². The monoisotopic (exact) mass is 266 g/mol. The number of carbonyl (C=O) groups is 1. The van der Waals surface area contributed by atoms with Crippen molar-refractivity contribution in [1.82, 2.24) is 5.32 Å². The first-order chi connectivity index (χ1) is 9.08. The van der Waals surface area contributed by atoms with Crippen LogP contribution in [0.2, 0.25) is 0 Å². The van der Waals surface area contributed by atoms with Gasteiger partial charge in [-0.25, -0.2) is 0 Å². The topological polar surface area (TPSA) is 73.6 Å². The summed E-state index contributed by atoms with van der Waals surface area (Å²) >= 11 is 0. The highest BCUT2D eigenvalue weighted by Gasteiger charge is 2.23. The number of hydrogen-bond acceptors (Lipinski definition) is 4. The van der Waals surface area contributed by atoms with Crippen LogP contribution >= 0.6 is 0 Å². The lowest BCUT2D eigenvalue weighted by Crippen LogP contribution is -2.27. The van der Waals surface area contributed by atoms with Crippen molar-refractivity contribution in [1.29, 1.82) is 0 Å². The number of aryl methyl sites for hydroxylation is 1. The van der Waals surface area contributed by atoms with E-state index in [0.29, 0.717) is 18.7 Å². The molecule has 0 spiro atoms. The third kappa shape index (κ3) is 3.38. The Hall–Kier alpha value is -1.75. The van der Waals surface area contributed by atoms with Crippen molar-refractivity contribution in [3.8, 4) is 11.5 Å². The van der Waals surface area contributed by atoms with Crippen LogP contribution in [0.25, 0.3) is 0 Å². The fourth-order valence-corrected chi connectivity index (χ4v) is 2.12. The average molecular weight is 266 g/mol. The molecule has 3 N–H and O–H groups in total. The van der Waals surface area contributed by atoms with Crippen LogP contribution in [0, 0.1) is 6.92 Å². The average Bonchev–Trinajstić information content (AvgIpc) is 2.43. The Labute approximate surface area is 114 Å². The van der Waals surface area contributed by atoms with E-state index in [9.17, 15) is 4.79 Å². The highest BCUT2D eigenvalue weighted by atomic mass is 16.5. The van der Waals surface area contributed by atoms with Crippen LogP contribution in [0.15, 0.2) is 12.1 Å². The van der Waals surface area contributed by atoms with Gasteiger partial charge in [-0.15, -0.1) is 0 Å². The summed E-state index contributed by atoms with van der Waals surface area (Å²) in [5, 5.41) is 2.66. The van der Waals surface area contributed by atoms with Crippen LogP contribution in [0.1, 0.15) is 23.5 Å². The van der Waals surface area contributed by atoms with Crippen LogP contribution in [-0.2, 0) is 4.79 Å². The van der Waals surface area contributed by atoms with Gasteiger partial charge in [-0.05, 0) is 37.6 Å². The molecule has 0 saturated carbocycles. The van der Waals surface area contributed by atoms with Gasteiger partial charge in [0.1, 0.15) is 11.5 Å². The van der Waals surface area contributed by atoms with Gasteiger partial charge in [-0.1, -0.05) is 0 Å². The van der Waals surface area contributed by atoms with Gasteiger partial charge in [-0.2, -0.15) is 0 Å². The third-order valence-electron chi connectivity index (χ3n) is 3.14. The number of nitrogens with one attached hydrogen (secondary N) is 1. The van der Waals surface area contributed by atoms with E-state index in [0.717, 1.165) is 16.9 Å². The number of carbonyl (C=O) groups excluding carboxylic acids is 1. The van der Waals surface area contributed by atoms with Gasteiger partial charge in [0.2, 0.25) is 5.91 Å². The van der Waals surface area contributed by atoms with E-state index in [2.05, 4.69) is 5.32 Å². The SMILES string of the molecule is CNC(=O)C(CCN)c1cc(OC)c(C)cc1OC. The van der Waals surface area contributed by atoms with E-state index in [1.54, 1.807) is 21.3 Å². The van der Waals surface area contributed by atoms with E-state index < -0.39 is 0 Å². The molecule has 1 amide bonds. The highest BCUT2D eigenvalue weighted by Crippen LogP contribution is 2.34. The highest BCUT2D eigenvalue weighted by molar-refractivity contribution is 5.84. The Bertz CT molecular complexity index is 447. The molecule has 1 rings (SSSR count). The van der Waals surface area contributed by atoms with Crippen molar-refractivity contribution < 1.29 is 14.3 Å². The van der Waals surface area contributed by atoms with Gasteiger partial charge in [0, 0.05) is 12.6 Å². The first kappa shape index (κ1) is 15.3. The standard InChI is InChI=1S/C14H22N2O3/c1-9-7-13(19-4)11(8-12(9)18-3)10(5-6-15)14(17)16-2/h7-8,10H,5-6,15H2,1-4H3,(H,16,17). The Kier molecular flexibility index (Phi) is 5.63. The summed E-state index contributed by atoms with van der Waals surface area (Å²) in [5.74, 6) is 1.01. The molecule has 0 saturated heterocycles. The van der Waals surface area contributed by atoms with E-state index in [1.807, 2.05) is 19.1 Å². The van der Waals surface area contributed by atoms with Crippen molar-refractivity contribution in [3.05, 3.63) is 23.3 Å². The van der Waals surface area contributed by atoms with E-state index in [-0.39, 0.29) is 11.8 Å². The number of nitrogens with two attached hydrogens (primary N) is 1. The number of likely N-dealkylation sites (N-methyl/N-ethyl adjacent to an activating group) is 1. The van der Waals surface area contributed by atoms with Gasteiger partial charge in [0.25, 0.3) is 0 Å². The zero-order valence-corrected chi connectivity index (χ0v) is 11.9. The van der Waals surface area contributed by atoms with Crippen molar-refractivity contribution >= 4 is 5.91 Å². The van der Waals surface area contributed by atoms with Gasteiger partial charge < -0.3 is 20.5 Å². The quantitative estimate of drug-likeness (QED) is 0.811. The third-order valence-corrected chi connectivity index (χ3v) is 3.14. The molecule has 0 aliphatic carbocycles. The summed E-state index contributed by atoms with van der Waals surface area (Å²) in [6.45, 7) is 2.36. The van der Waals surface area contributed by atoms with Crippen LogP contribution in [0.3, 0.4) is 0 Å². The van der Waals surface area contributed by atoms with Crippen molar-refractivity contribution in [2.24, 2.45) is 5.73 Å². The number of rotatable bonds is 6. The fourth-order valence-electron chi connectivity index (χ4n) is 2.12. The molecule has 5 nitrogen and oxygen atoms in total. The fraction of sp³-hybridized carbons (Fsp3) is 0.500. The maximum atomic E-state index is 12.0. The summed E-state index contributed by atoms with van der Waals surface area (Å²) in [6, 6.07) is 3.73. The molecule has 0 heterocycles. The first-order valence-electron chi connectivity index (χ1n) is 6.23. The molecule has 5 heteroatoms. The molecular formula is C14H22N2O3. The summed E-state index contributed by atoms with van der Waals surface area (Å²) in [6.07, 6.45) is 0.558. The molecule has 1 unspecified atom stereocenters. The Morgan fingerprint density at radius 2 is 1.95 bits per heavy atom. The molecule has 106 valence electrons. The van der Waals surface area contributed by atoms with Crippen LogP contribution < -0.4 is 20.5 Å². The first-order valence-corrected chi connectivity index (χ1v) is 6.23. The van der Waals surface area contributed by atoms with Crippen molar-refractivity contribution in [3.63, 3.8) is 0 Å². The smallest absolute Gasteiger partial charge is 0.227 e. The van der Waals surface area contributed by atoms with Crippen molar-refractivity contribution in [2.75, 3.05) is 27.8 Å². The number of amides is 1. The molecule has 0 aliphatic rings. The predicted octanol–water partition coefficient (Wildman–Crippen LogP) is 1.19. The zero-order valence-electron chi connectivity index (χ0n) is 11.9. The lowest BCUT2D eigenvalue weighted by molar-refractivity contribution is -0.122. The maximum Gasteiger partial charge on any atom is 0.227 e. The second-order valence-electron chi connectivity index (χ2n) is 4.31. The van der Waals surface area contributed by atoms with Crippen LogP contribution in [0.4, 0.5) is 0 Å². The Morgan fingerprint density at radius 1 is 1.32 bits per heavy atom. The molecule has 1 aromatic carbocycles. The zero-order chi connectivity index (χ0) is 14.4. The van der Waals surface area contributed by atoms with Gasteiger partial charge >= 0.3 is 0 Å². The summed E-state index contributed by atoms with van der Waals surface area (Å²) in [5.41, 5.74) is 7.36. The second kappa shape index (κ2) is 6.99. The molecule has 1 atom stereocenters. The molecule has 19 heavy (non-hydrogen) atoms. The van der Waals surface area contributed by atoms with Gasteiger partial charge in [-0.3, -0.25) is 4.79 Å². The number of benzene rings is 1. The maximum absolute atomic E-state index is 12.0. The summed E-state index contributed by atoms with van der Waals surface area (Å²) in [7, 11) is 4.81. The minimum absolute atomic E-state index is 0.0744. The minimum atomic E-state index is -0.334. The molecule has 1 aromatic rings. The van der Waals surface area contributed by atoms with E-state index in [4.69, 9.17) is 15.2 Å². The predicted molar refractivity (Wildman–Crippen MR) is 74.8 cm³/mol. The van der Waals surface area contributed by atoms with Crippen LogP contribution in [0.5, 0.6) is 11.5 Å². The summed E-state index contributed by atoms with van der Waals surface area (Å²) in [4.78, 5) is 12.0. The minimum Gasteiger partial charge on any atom is -0.496 e. The lowest BCUT2D eigenvalue weighted by Gasteiger charge is -2.20. The normalized spacial score (nSPS) is 11.8. The number of hydrogen-bond donors (Lipinski definition) is 2. The number of methoxy groups -OCH3 is 2. The van der Waals surface area contributed by atoms with Gasteiger partial charge in [0.15, 0.2) is 0 Å².